The van der Waals surface area contributed by atoms with Crippen molar-refractivity contribution < 1.29 is 40.7 Å². The number of benzene rings is 1. The zero-order valence-electron chi connectivity index (χ0n) is 19.8. The van der Waals surface area contributed by atoms with Crippen LogP contribution < -0.4 is 21.1 Å². The van der Waals surface area contributed by atoms with Gasteiger partial charge in [-0.05, 0) is 44.2 Å². The van der Waals surface area contributed by atoms with Crippen LogP contribution in [0.1, 0.15) is 25.8 Å². The Hall–Kier alpha value is -3.97. The topological polar surface area (TPSA) is 121 Å². The summed E-state index contributed by atoms with van der Waals surface area (Å²) in [7, 11) is 0. The summed E-state index contributed by atoms with van der Waals surface area (Å²) < 4.78 is 84.1. The molecule has 0 spiro atoms. The Balaban J connectivity index is 2.35. The molecule has 1 aliphatic rings. The SMILES string of the molecule is C/C=C\C=C(/N)NCNC(=O)C1(Oc2ccc(C(F)(F)F)cc2)CCN1C(=O)C(=N)/C(=C\C)C(F)(F)F. The lowest BCUT2D eigenvalue weighted by atomic mass is 9.94. The predicted octanol–water partition coefficient (Wildman–Crippen LogP) is 3.58. The summed E-state index contributed by atoms with van der Waals surface area (Å²) >= 11 is 0. The number of alkyl halides is 6. The number of hydrogen-bond donors (Lipinski definition) is 4. The summed E-state index contributed by atoms with van der Waals surface area (Å²) in [6.07, 6.45) is -4.54. The van der Waals surface area contributed by atoms with Crippen molar-refractivity contribution in [2.75, 3.05) is 13.2 Å². The molecule has 202 valence electrons. The van der Waals surface area contributed by atoms with E-state index in [0.29, 0.717) is 23.1 Å². The first kappa shape index (κ1) is 29.3. The number of likely N-dealkylation sites (tertiary alicyclic amines) is 1. The lowest BCUT2D eigenvalue weighted by molar-refractivity contribution is -0.188. The third-order valence-corrected chi connectivity index (χ3v) is 5.27. The Morgan fingerprint density at radius 2 is 1.76 bits per heavy atom. The number of hydrogen-bond acceptors (Lipinski definition) is 6. The lowest BCUT2D eigenvalue weighted by Crippen LogP contribution is -2.73. The van der Waals surface area contributed by atoms with Gasteiger partial charge in [0.25, 0.3) is 17.5 Å². The smallest absolute Gasteiger partial charge is 0.418 e. The zero-order valence-corrected chi connectivity index (χ0v) is 19.8. The summed E-state index contributed by atoms with van der Waals surface area (Å²) in [5.74, 6) is -2.53. The van der Waals surface area contributed by atoms with Crippen LogP contribution in [0.2, 0.25) is 0 Å². The van der Waals surface area contributed by atoms with E-state index in [0.717, 1.165) is 19.1 Å². The number of halogens is 6. The van der Waals surface area contributed by atoms with Crippen molar-refractivity contribution in [3.63, 3.8) is 0 Å². The van der Waals surface area contributed by atoms with E-state index in [2.05, 4.69) is 10.6 Å². The average Bonchev–Trinajstić information content (AvgIpc) is 2.79. The predicted molar refractivity (Wildman–Crippen MR) is 122 cm³/mol. The molecular formula is C23H25F6N5O3. The molecular weight excluding hydrogens is 508 g/mol. The average molecular weight is 533 g/mol. The number of allylic oxidation sites excluding steroid dienone is 4. The Kier molecular flexibility index (Phi) is 9.01. The van der Waals surface area contributed by atoms with Crippen molar-refractivity contribution in [3.8, 4) is 5.75 Å². The van der Waals surface area contributed by atoms with Gasteiger partial charge in [0, 0.05) is 13.0 Å². The standard InChI is InChI=1S/C23H25F6N5O3/c1-3-5-6-17(30)32-13-33-20(36)21(37-15-9-7-14(8-10-15)22(24,25)26)11-12-34(21)19(35)18(31)16(4-2)23(27,28)29/h3-10,31-32H,11-13,30H2,1-2H3,(H,33,36)/b5-3-,16-4+,17-6+,31-18?. The quantitative estimate of drug-likeness (QED) is 0.167. The van der Waals surface area contributed by atoms with Crippen LogP contribution in [0.5, 0.6) is 5.75 Å². The molecule has 2 rings (SSSR count). The third kappa shape index (κ3) is 6.83. The first-order chi connectivity index (χ1) is 17.2. The molecule has 0 aromatic heterocycles. The fourth-order valence-electron chi connectivity index (χ4n) is 3.31. The van der Waals surface area contributed by atoms with Crippen LogP contribution in [-0.4, -0.2) is 47.5 Å². The molecule has 0 bridgehead atoms. The maximum absolute atomic E-state index is 13.3. The maximum atomic E-state index is 13.3. The van der Waals surface area contributed by atoms with E-state index in [4.69, 9.17) is 15.9 Å². The molecule has 1 aromatic rings. The number of nitrogens with one attached hydrogen (secondary N) is 3. The molecule has 8 nitrogen and oxygen atoms in total. The van der Waals surface area contributed by atoms with Crippen LogP contribution in [0.4, 0.5) is 26.3 Å². The monoisotopic (exact) mass is 533 g/mol. The third-order valence-electron chi connectivity index (χ3n) is 5.27. The largest absolute Gasteiger partial charge is 0.458 e. The van der Waals surface area contributed by atoms with Gasteiger partial charge >= 0.3 is 12.4 Å². The molecule has 0 radical (unpaired) electrons. The van der Waals surface area contributed by atoms with Gasteiger partial charge in [0.2, 0.25) is 0 Å². The molecule has 0 saturated carbocycles. The lowest BCUT2D eigenvalue weighted by Gasteiger charge is -2.50. The molecule has 1 fully saturated rings. The molecule has 1 atom stereocenters. The zero-order chi connectivity index (χ0) is 28.0. The number of nitrogens with zero attached hydrogens (tertiary/aromatic N) is 1. The van der Waals surface area contributed by atoms with Crippen molar-refractivity contribution in [3.05, 3.63) is 65.5 Å². The molecule has 5 N–H and O–H groups in total. The number of carbonyl (C=O) groups is 2. The second-order valence-electron chi connectivity index (χ2n) is 7.70. The van der Waals surface area contributed by atoms with E-state index in [-0.39, 0.29) is 31.2 Å². The van der Waals surface area contributed by atoms with Crippen molar-refractivity contribution in [2.24, 2.45) is 5.73 Å². The second-order valence-corrected chi connectivity index (χ2v) is 7.70. The highest BCUT2D eigenvalue weighted by Gasteiger charge is 2.57. The Morgan fingerprint density at radius 3 is 2.22 bits per heavy atom. The number of carbonyl (C=O) groups excluding carboxylic acids is 2. The Morgan fingerprint density at radius 1 is 1.14 bits per heavy atom. The van der Waals surface area contributed by atoms with Crippen molar-refractivity contribution in [1.29, 1.82) is 5.41 Å². The highest BCUT2D eigenvalue weighted by atomic mass is 19.4. The molecule has 1 heterocycles. The van der Waals surface area contributed by atoms with Crippen molar-refractivity contribution in [1.82, 2.24) is 15.5 Å². The highest BCUT2D eigenvalue weighted by Crippen LogP contribution is 2.37. The molecule has 1 aliphatic heterocycles. The maximum Gasteiger partial charge on any atom is 0.418 e. The van der Waals surface area contributed by atoms with Gasteiger partial charge in [-0.25, -0.2) is 0 Å². The van der Waals surface area contributed by atoms with Crippen LogP contribution >= 0.6 is 0 Å². The van der Waals surface area contributed by atoms with E-state index in [1.807, 2.05) is 0 Å². The van der Waals surface area contributed by atoms with E-state index in [1.165, 1.54) is 6.08 Å². The van der Waals surface area contributed by atoms with Crippen LogP contribution in [0.25, 0.3) is 0 Å². The van der Waals surface area contributed by atoms with Gasteiger partial charge in [0.15, 0.2) is 0 Å². The molecule has 0 aliphatic carbocycles. The number of ether oxygens (including phenoxy) is 1. The van der Waals surface area contributed by atoms with Crippen molar-refractivity contribution in [2.45, 2.75) is 38.3 Å². The molecule has 1 saturated heterocycles. The molecule has 1 unspecified atom stereocenters. The van der Waals surface area contributed by atoms with Crippen LogP contribution in [0.3, 0.4) is 0 Å². The summed E-state index contributed by atoms with van der Waals surface area (Å²) in [6, 6.07) is 3.19. The number of rotatable bonds is 9. The Labute approximate surface area is 208 Å². The number of amides is 2. The van der Waals surface area contributed by atoms with Gasteiger partial charge in [0.1, 0.15) is 11.5 Å². The summed E-state index contributed by atoms with van der Waals surface area (Å²) in [6.45, 7) is 2.21. The molecule has 37 heavy (non-hydrogen) atoms. The summed E-state index contributed by atoms with van der Waals surface area (Å²) in [4.78, 5) is 26.6. The van der Waals surface area contributed by atoms with Gasteiger partial charge in [-0.1, -0.05) is 18.2 Å². The van der Waals surface area contributed by atoms with Crippen LogP contribution in [-0.2, 0) is 15.8 Å². The first-order valence-electron chi connectivity index (χ1n) is 10.8. The fraction of sp³-hybridized carbons (Fsp3) is 0.348. The van der Waals surface area contributed by atoms with Crippen LogP contribution in [0, 0.1) is 5.41 Å². The molecule has 2 amide bonds. The number of nitrogens with two attached hydrogens (primary N) is 1. The second kappa shape index (κ2) is 11.4. The van der Waals surface area contributed by atoms with Crippen molar-refractivity contribution >= 4 is 17.5 Å². The van der Waals surface area contributed by atoms with E-state index in [1.54, 1.807) is 19.1 Å². The van der Waals surface area contributed by atoms with Crippen LogP contribution in [0.15, 0.2) is 60.0 Å². The minimum Gasteiger partial charge on any atom is -0.458 e. The van der Waals surface area contributed by atoms with E-state index >= 15 is 0 Å². The van der Waals surface area contributed by atoms with E-state index < -0.39 is 46.7 Å². The fourth-order valence-corrected chi connectivity index (χ4v) is 3.31. The Bertz CT molecular complexity index is 1110. The normalized spacial score (nSPS) is 18.9. The minimum absolute atomic E-state index is 0.155. The van der Waals surface area contributed by atoms with E-state index in [9.17, 15) is 35.9 Å². The first-order valence-corrected chi connectivity index (χ1v) is 10.8. The van der Waals surface area contributed by atoms with Gasteiger partial charge < -0.3 is 21.1 Å². The van der Waals surface area contributed by atoms with Gasteiger partial charge in [-0.3, -0.25) is 19.9 Å². The molecule has 1 aromatic carbocycles. The minimum atomic E-state index is -5.01. The van der Waals surface area contributed by atoms with Gasteiger partial charge in [-0.15, -0.1) is 0 Å². The highest BCUT2D eigenvalue weighted by molar-refractivity contribution is 6.44. The summed E-state index contributed by atoms with van der Waals surface area (Å²) in [5, 5.41) is 12.8. The summed E-state index contributed by atoms with van der Waals surface area (Å²) in [5.41, 5.74) is -0.464. The van der Waals surface area contributed by atoms with Gasteiger partial charge in [0.05, 0.1) is 23.6 Å². The molecule has 14 heteroatoms. The van der Waals surface area contributed by atoms with Gasteiger partial charge in [-0.2, -0.15) is 26.3 Å².